The van der Waals surface area contributed by atoms with Crippen LogP contribution in [0.15, 0.2) is 449 Å². The van der Waals surface area contributed by atoms with Gasteiger partial charge >= 0.3 is 0 Å². The van der Waals surface area contributed by atoms with Crippen molar-refractivity contribution in [3.8, 4) is 89.0 Å². The lowest BCUT2D eigenvalue weighted by Crippen LogP contribution is -2.37. The number of hydrogen-bond acceptors (Lipinski definition) is 0. The third kappa shape index (κ3) is 17.7. The molecule has 0 fully saturated rings. The Labute approximate surface area is 850 Å². The van der Waals surface area contributed by atoms with Crippen LogP contribution in [0.25, 0.3) is 229 Å². The highest BCUT2D eigenvalue weighted by molar-refractivity contribution is 6.89. The van der Waals surface area contributed by atoms with Gasteiger partial charge in [-0.15, -0.1) is 0 Å². The number of fused-ring (bicyclic) bond motifs is 13. The maximum Gasteiger partial charge on any atom is 0.0776 e. The molecule has 0 N–H and O–H groups in total. The van der Waals surface area contributed by atoms with Crippen LogP contribution in [0.1, 0.15) is 74.9 Å². The van der Waals surface area contributed by atoms with Crippen LogP contribution in [0.2, 0.25) is 39.3 Å². The van der Waals surface area contributed by atoms with Crippen molar-refractivity contribution in [3.05, 3.63) is 482 Å². The van der Waals surface area contributed by atoms with Gasteiger partial charge in [-0.2, -0.15) is 0 Å². The molecule has 698 valence electrons. The largest absolute Gasteiger partial charge is 0.0776 e. The Morgan fingerprint density at radius 1 is 0.146 bits per heavy atom. The van der Waals surface area contributed by atoms with Gasteiger partial charge in [0.25, 0.3) is 0 Å². The van der Waals surface area contributed by atoms with Crippen molar-refractivity contribution >= 4 is 167 Å². The maximum absolute atomic E-state index is 2.52. The molecule has 0 aromatic heterocycles. The molecular formula is C142H122Si2. The number of hydrogen-bond donors (Lipinski definition) is 0. The summed E-state index contributed by atoms with van der Waals surface area (Å²) in [7, 11) is -3.01. The zero-order chi connectivity index (χ0) is 99.2. The smallest absolute Gasteiger partial charge is 0.0656 e. The SMILES string of the molecule is CC(C)(C)c1ccc2c(-c3ccc4ccccc4c3)c3cc(C(C)(C)C)ccc3c(-c3ccccc3)c2c1.C[Si](C)(C)c1ccc2c(-c3ccc4ccccc4c3)c3cc([Si](C)(C)C)ccc3c(-c3ccccc3)c2c1.Cc1ccc2c(-c3ccc4ccccc4c3)c3cc(C)ccc3c(-c3ccccc3)c2c1.Cc1ccc2c(-c3cccc4ccccc34)c3cc(C)ccc3c(-c3cccc4ccccc34)c2c1. The average molecular weight is 1880 g/mol. The Hall–Kier alpha value is -15.7. The first-order chi connectivity index (χ1) is 69.6. The summed E-state index contributed by atoms with van der Waals surface area (Å²) in [4.78, 5) is 0. The Balaban J connectivity index is 0.000000110. The zero-order valence-electron chi connectivity index (χ0n) is 85.7. The van der Waals surface area contributed by atoms with Crippen LogP contribution in [-0.4, -0.2) is 16.1 Å². The van der Waals surface area contributed by atoms with E-state index in [1.54, 1.807) is 0 Å². The Bertz CT molecular complexity index is 8950. The molecule has 0 amide bonds. The highest BCUT2D eigenvalue weighted by Gasteiger charge is 2.29. The first kappa shape index (κ1) is 93.3. The topological polar surface area (TPSA) is 0 Å². The van der Waals surface area contributed by atoms with E-state index in [4.69, 9.17) is 0 Å². The molecule has 0 radical (unpaired) electrons. The highest BCUT2D eigenvalue weighted by atomic mass is 28.3. The van der Waals surface area contributed by atoms with Crippen LogP contribution in [0.4, 0.5) is 0 Å². The molecule has 144 heavy (non-hydrogen) atoms. The minimum Gasteiger partial charge on any atom is -0.0656 e. The van der Waals surface area contributed by atoms with E-state index in [9.17, 15) is 0 Å². The normalized spacial score (nSPS) is 12.0. The minimum absolute atomic E-state index is 0.0623. The van der Waals surface area contributed by atoms with E-state index in [2.05, 4.69) is 557 Å². The lowest BCUT2D eigenvalue weighted by Gasteiger charge is -2.25. The molecule has 0 aliphatic heterocycles. The maximum atomic E-state index is 2.52. The zero-order valence-corrected chi connectivity index (χ0v) is 87.7. The van der Waals surface area contributed by atoms with Gasteiger partial charge in [0.05, 0.1) is 16.1 Å². The second-order valence-electron chi connectivity index (χ2n) is 44.1. The predicted molar refractivity (Wildman–Crippen MR) is 639 cm³/mol. The average Bonchev–Trinajstić information content (AvgIpc) is 0.717. The van der Waals surface area contributed by atoms with Crippen molar-refractivity contribution in [2.45, 2.75) is 119 Å². The van der Waals surface area contributed by atoms with Gasteiger partial charge in [-0.1, -0.05) is 532 Å². The molecule has 0 saturated heterocycles. The van der Waals surface area contributed by atoms with Crippen molar-refractivity contribution in [1.82, 2.24) is 0 Å². The monoisotopic (exact) mass is 1880 g/mol. The quantitative estimate of drug-likeness (QED) is 0.0946. The summed E-state index contributed by atoms with van der Waals surface area (Å²) in [6.45, 7) is 37.3. The fraction of sp³-hybridized carbons (Fsp3) is 0.127. The molecule has 0 unspecified atom stereocenters. The molecule has 25 aromatic carbocycles. The van der Waals surface area contributed by atoms with Gasteiger partial charge in [0.15, 0.2) is 0 Å². The standard InChI is InChI=1S/C38H36.C36H36Si2.C36H26.C32H24/c2*1-37(2,3)29-19-21-32-33(23-29)35(26-13-8-7-9-14-26)31-20-18-30(38(4,5)6)24-34(31)36(32)28-17-16-25-12-10-11-15-27(25)22-28;1-23-17-19-31-33(21-23)35(29-15-7-11-25-9-3-5-13-27(25)29)32-20-18-24(2)22-34(32)36(31)30-16-8-12-26-10-4-6-14-28(26)30;1-21-13-17-28-29(18-21)31(24-9-4-3-5-10-24)27-16-12-22(2)19-30(27)32(28)26-15-14-23-8-6-7-11-25(23)20-26/h2*7-24H,1-6H3;3-22H,1-2H3;3-20H,1-2H3. The lowest BCUT2D eigenvalue weighted by atomic mass is 9.79. The molecule has 0 heterocycles. The van der Waals surface area contributed by atoms with Crippen LogP contribution in [0.5, 0.6) is 0 Å². The Morgan fingerprint density at radius 3 is 0.674 bits per heavy atom. The van der Waals surface area contributed by atoms with Gasteiger partial charge < -0.3 is 0 Å². The number of aryl methyl sites for hydroxylation is 4. The van der Waals surface area contributed by atoms with E-state index in [0.29, 0.717) is 0 Å². The van der Waals surface area contributed by atoms with Gasteiger partial charge in [-0.3, -0.25) is 0 Å². The summed E-state index contributed by atoms with van der Waals surface area (Å²) >= 11 is 0. The summed E-state index contributed by atoms with van der Waals surface area (Å²) in [5.74, 6) is 0. The van der Waals surface area contributed by atoms with Crippen molar-refractivity contribution < 1.29 is 0 Å². The lowest BCUT2D eigenvalue weighted by molar-refractivity contribution is 0.590. The van der Waals surface area contributed by atoms with E-state index in [-0.39, 0.29) is 10.8 Å². The van der Waals surface area contributed by atoms with Crippen LogP contribution in [0.3, 0.4) is 0 Å². The van der Waals surface area contributed by atoms with Crippen LogP contribution < -0.4 is 10.4 Å². The molecule has 0 aliphatic rings. The van der Waals surface area contributed by atoms with E-state index in [1.165, 1.54) is 273 Å². The van der Waals surface area contributed by atoms with Crippen molar-refractivity contribution in [2.24, 2.45) is 0 Å². The minimum atomic E-state index is -1.51. The third-order valence-electron chi connectivity index (χ3n) is 30.0. The summed E-state index contributed by atoms with van der Waals surface area (Å²) < 4.78 is 0. The molecule has 0 spiro atoms. The van der Waals surface area contributed by atoms with Gasteiger partial charge in [-0.05, 0) is 309 Å². The highest BCUT2D eigenvalue weighted by Crippen LogP contribution is 2.53. The van der Waals surface area contributed by atoms with Crippen molar-refractivity contribution in [3.63, 3.8) is 0 Å². The van der Waals surface area contributed by atoms with E-state index in [0.717, 1.165) is 0 Å². The van der Waals surface area contributed by atoms with Gasteiger partial charge in [-0.25, -0.2) is 0 Å². The molecule has 0 bridgehead atoms. The van der Waals surface area contributed by atoms with Gasteiger partial charge in [0.2, 0.25) is 0 Å². The van der Waals surface area contributed by atoms with Crippen LogP contribution >= 0.6 is 0 Å². The fourth-order valence-electron chi connectivity index (χ4n) is 22.4. The first-order valence-corrected chi connectivity index (χ1v) is 58.2. The molecule has 25 aromatic rings. The summed E-state index contributed by atoms with van der Waals surface area (Å²) in [5.41, 5.74) is 28.9. The van der Waals surface area contributed by atoms with E-state index < -0.39 is 16.1 Å². The predicted octanol–water partition coefficient (Wildman–Crippen LogP) is 40.0. The molecule has 0 aliphatic carbocycles. The molecule has 0 nitrogen and oxygen atoms in total. The molecule has 25 rings (SSSR count). The van der Waals surface area contributed by atoms with E-state index >= 15 is 0 Å². The van der Waals surface area contributed by atoms with Crippen molar-refractivity contribution in [1.29, 1.82) is 0 Å². The van der Waals surface area contributed by atoms with Crippen LogP contribution in [-0.2, 0) is 10.8 Å². The summed E-state index contributed by atoms with van der Waals surface area (Å²) in [5, 5.41) is 37.0. The summed E-state index contributed by atoms with van der Waals surface area (Å²) in [6.07, 6.45) is 0. The molecule has 0 atom stereocenters. The molecule has 2 heteroatoms. The first-order valence-electron chi connectivity index (χ1n) is 51.2. The van der Waals surface area contributed by atoms with Gasteiger partial charge in [0.1, 0.15) is 0 Å². The Kier molecular flexibility index (Phi) is 24.4. The second kappa shape index (κ2) is 37.6. The summed E-state index contributed by atoms with van der Waals surface area (Å²) in [6, 6.07) is 167. The van der Waals surface area contributed by atoms with Crippen molar-refractivity contribution in [2.75, 3.05) is 0 Å². The molecule has 0 saturated carbocycles. The fourth-order valence-corrected chi connectivity index (χ4v) is 24.7. The number of rotatable bonds is 10. The molecular weight excluding hydrogens is 1760 g/mol. The van der Waals surface area contributed by atoms with E-state index in [1.807, 2.05) is 0 Å². The Morgan fingerprint density at radius 2 is 0.375 bits per heavy atom. The second-order valence-corrected chi connectivity index (χ2v) is 54.2. The van der Waals surface area contributed by atoms with Crippen LogP contribution in [0, 0.1) is 27.7 Å². The number of benzene rings is 25. The third-order valence-corrected chi connectivity index (χ3v) is 34.1. The van der Waals surface area contributed by atoms with Gasteiger partial charge in [0, 0.05) is 0 Å².